The number of aromatic nitrogens is 2. The third-order valence-corrected chi connectivity index (χ3v) is 9.26. The van der Waals surface area contributed by atoms with Crippen LogP contribution in [-0.4, -0.2) is 23.9 Å². The summed E-state index contributed by atoms with van der Waals surface area (Å²) < 4.78 is 58.2. The molecule has 0 radical (unpaired) electrons. The molecule has 0 bridgehead atoms. The Bertz CT molecular complexity index is 1700. The summed E-state index contributed by atoms with van der Waals surface area (Å²) in [6.07, 6.45) is 5.32. The van der Waals surface area contributed by atoms with Gasteiger partial charge in [-0.1, -0.05) is 24.3 Å². The first-order valence-corrected chi connectivity index (χ1v) is 14.6. The molecule has 2 aliphatic carbocycles. The summed E-state index contributed by atoms with van der Waals surface area (Å²) in [4.78, 5) is 19.8. The Kier molecular flexibility index (Phi) is 6.75. The number of sulfonamides is 1. The van der Waals surface area contributed by atoms with E-state index in [0.29, 0.717) is 30.8 Å². The highest BCUT2D eigenvalue weighted by atomic mass is 32.2. The van der Waals surface area contributed by atoms with Gasteiger partial charge >= 0.3 is 0 Å². The molecule has 7 nitrogen and oxygen atoms in total. The third kappa shape index (κ3) is 5.16. The van der Waals surface area contributed by atoms with Gasteiger partial charge in [0.2, 0.25) is 15.9 Å². The zero-order valence-corrected chi connectivity index (χ0v) is 22.6. The molecule has 3 aromatic carbocycles. The number of aryl methyl sites for hydroxylation is 2. The SMILES string of the molecule is Cn1ccnc1CN(C(=O)[C@H]1C[C@H]1c1cccc(F)c1)c1ccc2c(c1)[C@@H](NS(=O)(=O)c1cccc(F)c1)CC2. The molecule has 4 aromatic rings. The predicted octanol–water partition coefficient (Wildman–Crippen LogP) is 5.00. The van der Waals surface area contributed by atoms with E-state index in [1.165, 1.54) is 30.3 Å². The standard InChI is InChI=1S/C30H28F2N4O3S/c1-35-13-12-33-29(35)18-36(30(37)27-17-25(27)20-4-2-5-21(31)14-20)23-10-8-19-9-11-28(26(19)16-23)34-40(38,39)24-7-3-6-22(32)15-24/h2-8,10,12-16,25,27-28,34H,9,11,17-18H2,1H3/t25-,27-,28-/m0/s1. The van der Waals surface area contributed by atoms with Crippen LogP contribution >= 0.6 is 0 Å². The fourth-order valence-electron chi connectivity index (χ4n) is 5.53. The van der Waals surface area contributed by atoms with Crippen LogP contribution in [0, 0.1) is 17.6 Å². The van der Waals surface area contributed by atoms with E-state index in [2.05, 4.69) is 9.71 Å². The van der Waals surface area contributed by atoms with E-state index in [-0.39, 0.29) is 35.0 Å². The van der Waals surface area contributed by atoms with Gasteiger partial charge in [0.15, 0.2) is 0 Å². The van der Waals surface area contributed by atoms with E-state index in [1.807, 2.05) is 42.1 Å². The van der Waals surface area contributed by atoms with E-state index in [4.69, 9.17) is 0 Å². The van der Waals surface area contributed by atoms with Crippen molar-refractivity contribution in [2.45, 2.75) is 42.7 Å². The lowest BCUT2D eigenvalue weighted by Gasteiger charge is -2.25. The number of amides is 1. The Morgan fingerprint density at radius 3 is 2.58 bits per heavy atom. The summed E-state index contributed by atoms with van der Waals surface area (Å²) in [6.45, 7) is 0.229. The highest BCUT2D eigenvalue weighted by molar-refractivity contribution is 7.89. The van der Waals surface area contributed by atoms with Crippen LogP contribution in [0.4, 0.5) is 14.5 Å². The number of hydrogen-bond acceptors (Lipinski definition) is 4. The minimum absolute atomic E-state index is 0.0627. The fraction of sp³-hybridized carbons (Fsp3) is 0.267. The van der Waals surface area contributed by atoms with Crippen molar-refractivity contribution in [3.05, 3.63) is 113 Å². The van der Waals surface area contributed by atoms with E-state index < -0.39 is 21.9 Å². The average Bonchev–Trinajstić information content (AvgIpc) is 3.50. The highest BCUT2D eigenvalue weighted by Crippen LogP contribution is 2.49. The topological polar surface area (TPSA) is 84.3 Å². The van der Waals surface area contributed by atoms with Crippen molar-refractivity contribution < 1.29 is 22.0 Å². The van der Waals surface area contributed by atoms with Crippen molar-refractivity contribution in [2.24, 2.45) is 13.0 Å². The molecule has 0 aliphatic heterocycles. The molecule has 206 valence electrons. The smallest absolute Gasteiger partial charge is 0.241 e. The van der Waals surface area contributed by atoms with E-state index >= 15 is 0 Å². The van der Waals surface area contributed by atoms with Gasteiger partial charge in [-0.05, 0) is 84.3 Å². The molecule has 1 N–H and O–H groups in total. The molecule has 10 heteroatoms. The van der Waals surface area contributed by atoms with Gasteiger partial charge in [-0.25, -0.2) is 26.9 Å². The van der Waals surface area contributed by atoms with Crippen molar-refractivity contribution in [3.63, 3.8) is 0 Å². The second kappa shape index (κ2) is 10.3. The summed E-state index contributed by atoms with van der Waals surface area (Å²) in [6, 6.07) is 16.4. The van der Waals surface area contributed by atoms with Gasteiger partial charge < -0.3 is 9.47 Å². The molecule has 40 heavy (non-hydrogen) atoms. The van der Waals surface area contributed by atoms with Crippen molar-refractivity contribution >= 4 is 21.6 Å². The molecule has 0 spiro atoms. The number of anilines is 1. The predicted molar refractivity (Wildman–Crippen MR) is 146 cm³/mol. The molecule has 3 atom stereocenters. The average molecular weight is 563 g/mol. The minimum Gasteiger partial charge on any atom is -0.337 e. The number of nitrogens with zero attached hydrogens (tertiary/aromatic N) is 3. The lowest BCUT2D eigenvalue weighted by molar-refractivity contribution is -0.120. The van der Waals surface area contributed by atoms with Crippen LogP contribution in [-0.2, 0) is 34.8 Å². The quantitative estimate of drug-likeness (QED) is 0.328. The molecule has 1 heterocycles. The summed E-state index contributed by atoms with van der Waals surface area (Å²) in [7, 11) is -2.11. The largest absolute Gasteiger partial charge is 0.337 e. The second-order valence-corrected chi connectivity index (χ2v) is 12.1. The summed E-state index contributed by atoms with van der Waals surface area (Å²) >= 11 is 0. The zero-order valence-electron chi connectivity index (χ0n) is 21.8. The Morgan fingerprint density at radius 2 is 1.85 bits per heavy atom. The van der Waals surface area contributed by atoms with Crippen LogP contribution in [0.5, 0.6) is 0 Å². The molecule has 1 fully saturated rings. The number of fused-ring (bicyclic) bond motifs is 1. The van der Waals surface area contributed by atoms with Gasteiger partial charge in [-0.15, -0.1) is 0 Å². The first-order valence-electron chi connectivity index (χ1n) is 13.1. The molecule has 1 aromatic heterocycles. The minimum atomic E-state index is -3.96. The first-order chi connectivity index (χ1) is 19.2. The molecule has 0 unspecified atom stereocenters. The van der Waals surface area contributed by atoms with Crippen LogP contribution < -0.4 is 9.62 Å². The number of carbonyl (C=O) groups excluding carboxylic acids is 1. The Labute approximate surface area is 231 Å². The summed E-state index contributed by atoms with van der Waals surface area (Å²) in [5, 5.41) is 0. The molecule has 1 amide bonds. The maximum atomic E-state index is 13.9. The van der Waals surface area contributed by atoms with Crippen LogP contribution in [0.2, 0.25) is 0 Å². The van der Waals surface area contributed by atoms with E-state index in [0.717, 1.165) is 22.8 Å². The maximum absolute atomic E-state index is 13.9. The van der Waals surface area contributed by atoms with Crippen molar-refractivity contribution in [1.82, 2.24) is 14.3 Å². The Hall–Kier alpha value is -3.89. The number of rotatable bonds is 8. The molecular weight excluding hydrogens is 534 g/mol. The second-order valence-electron chi connectivity index (χ2n) is 10.4. The first kappa shape index (κ1) is 26.3. The number of imidazole rings is 1. The van der Waals surface area contributed by atoms with Crippen LogP contribution in [0.1, 0.15) is 47.3 Å². The molecule has 1 saturated carbocycles. The Balaban J connectivity index is 1.30. The number of halogens is 2. The molecule has 6 rings (SSSR count). The van der Waals surface area contributed by atoms with Crippen molar-refractivity contribution in [2.75, 3.05) is 4.90 Å². The number of carbonyl (C=O) groups is 1. The van der Waals surface area contributed by atoms with Gasteiger partial charge in [-0.3, -0.25) is 4.79 Å². The number of nitrogens with one attached hydrogen (secondary N) is 1. The van der Waals surface area contributed by atoms with E-state index in [9.17, 15) is 22.0 Å². The number of hydrogen-bond donors (Lipinski definition) is 1. The fourth-order valence-corrected chi connectivity index (χ4v) is 6.81. The maximum Gasteiger partial charge on any atom is 0.241 e. The van der Waals surface area contributed by atoms with Gasteiger partial charge in [0.1, 0.15) is 17.5 Å². The van der Waals surface area contributed by atoms with Gasteiger partial charge in [0, 0.05) is 37.1 Å². The molecule has 0 saturated heterocycles. The normalized spacial score (nSPS) is 19.8. The summed E-state index contributed by atoms with van der Waals surface area (Å²) in [5.74, 6) is -0.708. The van der Waals surface area contributed by atoms with E-state index in [1.54, 1.807) is 17.2 Å². The van der Waals surface area contributed by atoms with Crippen LogP contribution in [0.15, 0.2) is 84.0 Å². The lowest BCUT2D eigenvalue weighted by Crippen LogP contribution is -2.33. The Morgan fingerprint density at radius 1 is 1.07 bits per heavy atom. The van der Waals surface area contributed by atoms with Gasteiger partial charge in [0.25, 0.3) is 0 Å². The van der Waals surface area contributed by atoms with Gasteiger partial charge in [-0.2, -0.15) is 0 Å². The van der Waals surface area contributed by atoms with Crippen molar-refractivity contribution in [1.29, 1.82) is 0 Å². The zero-order chi connectivity index (χ0) is 28.0. The van der Waals surface area contributed by atoms with Crippen molar-refractivity contribution in [3.8, 4) is 0 Å². The van der Waals surface area contributed by atoms with Crippen LogP contribution in [0.25, 0.3) is 0 Å². The highest BCUT2D eigenvalue weighted by Gasteiger charge is 2.46. The monoisotopic (exact) mass is 562 g/mol. The summed E-state index contributed by atoms with van der Waals surface area (Å²) in [5.41, 5.74) is 3.21. The molecule has 2 aliphatic rings. The third-order valence-electron chi connectivity index (χ3n) is 7.79. The number of benzene rings is 3. The van der Waals surface area contributed by atoms with Gasteiger partial charge in [0.05, 0.1) is 11.4 Å². The molecular formula is C30H28F2N4O3S. The lowest BCUT2D eigenvalue weighted by atomic mass is 10.1. The van der Waals surface area contributed by atoms with Crippen LogP contribution in [0.3, 0.4) is 0 Å².